The van der Waals surface area contributed by atoms with Gasteiger partial charge in [-0.3, -0.25) is 14.4 Å². The van der Waals surface area contributed by atoms with Crippen molar-refractivity contribution in [3.8, 4) is 0 Å². The molecule has 0 saturated carbocycles. The van der Waals surface area contributed by atoms with Gasteiger partial charge in [0.1, 0.15) is 25.4 Å². The number of benzene rings is 1. The van der Waals surface area contributed by atoms with E-state index in [0.29, 0.717) is 0 Å². The average Bonchev–Trinajstić information content (AvgIpc) is 2.70. The van der Waals surface area contributed by atoms with Gasteiger partial charge in [-0.25, -0.2) is 4.79 Å². The highest BCUT2D eigenvalue weighted by Crippen LogP contribution is 2.26. The van der Waals surface area contributed by atoms with Crippen LogP contribution >= 0.6 is 0 Å². The summed E-state index contributed by atoms with van der Waals surface area (Å²) in [5.74, 6) is -2.12. The largest absolute Gasteiger partial charge is 0.463 e. The van der Waals surface area contributed by atoms with Crippen LogP contribution in [0.25, 0.3) is 0 Å². The first-order valence-corrected chi connectivity index (χ1v) is 9.46. The molecule has 1 amide bonds. The van der Waals surface area contributed by atoms with Gasteiger partial charge >= 0.3 is 24.0 Å². The SMILES string of the molecule is CC(=O)OCC1OC(O)C(NC(=O)OCc2ccccc2)C(OC(C)=O)[C@@H]1OC(C)=O. The lowest BCUT2D eigenvalue weighted by atomic mass is 9.96. The molecular formula is C20H25NO10. The number of aliphatic hydroxyl groups is 1. The Hall–Kier alpha value is -3.18. The van der Waals surface area contributed by atoms with Crippen molar-refractivity contribution in [1.82, 2.24) is 5.32 Å². The zero-order valence-electron chi connectivity index (χ0n) is 17.3. The number of carbonyl (C=O) groups excluding carboxylic acids is 4. The van der Waals surface area contributed by atoms with Crippen molar-refractivity contribution in [3.05, 3.63) is 35.9 Å². The molecule has 170 valence electrons. The minimum Gasteiger partial charge on any atom is -0.463 e. The topological polar surface area (TPSA) is 147 Å². The van der Waals surface area contributed by atoms with Crippen molar-refractivity contribution in [1.29, 1.82) is 0 Å². The van der Waals surface area contributed by atoms with E-state index in [2.05, 4.69) is 5.32 Å². The quantitative estimate of drug-likeness (QED) is 0.453. The Labute approximate surface area is 178 Å². The maximum atomic E-state index is 12.3. The van der Waals surface area contributed by atoms with Crippen LogP contribution in [-0.2, 0) is 44.7 Å². The summed E-state index contributed by atoms with van der Waals surface area (Å²) in [5.41, 5.74) is 0.730. The van der Waals surface area contributed by atoms with Gasteiger partial charge in [0.05, 0.1) is 0 Å². The molecule has 4 unspecified atom stereocenters. The van der Waals surface area contributed by atoms with Crippen LogP contribution in [0.4, 0.5) is 4.79 Å². The zero-order chi connectivity index (χ0) is 23.0. The molecular weight excluding hydrogens is 414 g/mol. The van der Waals surface area contributed by atoms with E-state index in [-0.39, 0.29) is 13.2 Å². The first-order chi connectivity index (χ1) is 14.7. The van der Waals surface area contributed by atoms with E-state index < -0.39 is 54.6 Å². The average molecular weight is 439 g/mol. The smallest absolute Gasteiger partial charge is 0.407 e. The van der Waals surface area contributed by atoms with Gasteiger partial charge < -0.3 is 34.1 Å². The van der Waals surface area contributed by atoms with Crippen LogP contribution in [0.1, 0.15) is 26.3 Å². The molecule has 11 nitrogen and oxygen atoms in total. The highest BCUT2D eigenvalue weighted by molar-refractivity contribution is 5.69. The second-order valence-electron chi connectivity index (χ2n) is 6.75. The fraction of sp³-hybridized carbons (Fsp3) is 0.500. The van der Waals surface area contributed by atoms with E-state index >= 15 is 0 Å². The minimum atomic E-state index is -1.68. The number of amides is 1. The van der Waals surface area contributed by atoms with Crippen LogP contribution < -0.4 is 5.32 Å². The maximum Gasteiger partial charge on any atom is 0.407 e. The van der Waals surface area contributed by atoms with Crippen molar-refractivity contribution in [3.63, 3.8) is 0 Å². The fourth-order valence-electron chi connectivity index (χ4n) is 2.97. The Kier molecular flexibility index (Phi) is 8.76. The van der Waals surface area contributed by atoms with E-state index in [4.69, 9.17) is 23.7 Å². The molecule has 5 atom stereocenters. The molecule has 0 aromatic heterocycles. The van der Waals surface area contributed by atoms with Gasteiger partial charge in [0.15, 0.2) is 18.5 Å². The van der Waals surface area contributed by atoms with Crippen LogP contribution in [0.5, 0.6) is 0 Å². The summed E-state index contributed by atoms with van der Waals surface area (Å²) in [6.07, 6.45) is -6.36. The third-order valence-electron chi connectivity index (χ3n) is 4.22. The normalized spacial score (nSPS) is 25.1. The molecule has 0 spiro atoms. The molecule has 1 aliphatic heterocycles. The first-order valence-electron chi connectivity index (χ1n) is 9.46. The van der Waals surface area contributed by atoms with Gasteiger partial charge in [-0.15, -0.1) is 0 Å². The van der Waals surface area contributed by atoms with E-state index in [9.17, 15) is 24.3 Å². The van der Waals surface area contributed by atoms with Crippen LogP contribution in [0, 0.1) is 0 Å². The Morgan fingerprint density at radius 3 is 2.13 bits per heavy atom. The summed E-state index contributed by atoms with van der Waals surface area (Å²) in [6, 6.07) is 7.54. The summed E-state index contributed by atoms with van der Waals surface area (Å²) < 4.78 is 25.8. The van der Waals surface area contributed by atoms with Crippen molar-refractivity contribution < 1.29 is 48.0 Å². The van der Waals surface area contributed by atoms with Gasteiger partial charge in [0.25, 0.3) is 0 Å². The summed E-state index contributed by atoms with van der Waals surface area (Å²) in [7, 11) is 0. The molecule has 1 heterocycles. The molecule has 0 radical (unpaired) electrons. The number of rotatable bonds is 7. The monoisotopic (exact) mass is 439 g/mol. The molecule has 1 aromatic rings. The highest BCUT2D eigenvalue weighted by Gasteiger charge is 2.50. The Bertz CT molecular complexity index is 783. The number of carbonyl (C=O) groups is 4. The van der Waals surface area contributed by atoms with Gasteiger partial charge in [-0.1, -0.05) is 30.3 Å². The number of esters is 3. The summed E-state index contributed by atoms with van der Waals surface area (Å²) in [5, 5.41) is 12.8. The molecule has 1 fully saturated rings. The lowest BCUT2D eigenvalue weighted by Crippen LogP contribution is -2.66. The lowest BCUT2D eigenvalue weighted by molar-refractivity contribution is -0.264. The maximum absolute atomic E-state index is 12.3. The number of hydrogen-bond acceptors (Lipinski definition) is 10. The standard InChI is InChI=1S/C20H25NO10/c1-11(22)27-10-15-17(29-12(2)23)18(30-13(3)24)16(19(25)31-15)21-20(26)28-9-14-7-5-4-6-8-14/h4-8,15-19,25H,9-10H2,1-3H3,(H,21,26)/t15?,16?,17-,18?,19?/m1/s1. The Balaban J connectivity index is 2.16. The van der Waals surface area contributed by atoms with Gasteiger partial charge in [0.2, 0.25) is 0 Å². The van der Waals surface area contributed by atoms with Crippen LogP contribution in [0.15, 0.2) is 30.3 Å². The molecule has 2 rings (SSSR count). The number of ether oxygens (including phenoxy) is 5. The molecule has 2 N–H and O–H groups in total. The molecule has 31 heavy (non-hydrogen) atoms. The molecule has 11 heteroatoms. The predicted molar refractivity (Wildman–Crippen MR) is 102 cm³/mol. The number of nitrogens with one attached hydrogen (secondary N) is 1. The van der Waals surface area contributed by atoms with Gasteiger partial charge in [-0.05, 0) is 5.56 Å². The third-order valence-corrected chi connectivity index (χ3v) is 4.22. The Morgan fingerprint density at radius 1 is 0.935 bits per heavy atom. The van der Waals surface area contributed by atoms with Crippen LogP contribution in [0.3, 0.4) is 0 Å². The lowest BCUT2D eigenvalue weighted by Gasteiger charge is -2.43. The van der Waals surface area contributed by atoms with E-state index in [0.717, 1.165) is 26.3 Å². The molecule has 0 aliphatic carbocycles. The minimum absolute atomic E-state index is 0.0446. The summed E-state index contributed by atoms with van der Waals surface area (Å²) in [6.45, 7) is 2.97. The number of aliphatic hydroxyl groups excluding tert-OH is 1. The molecule has 0 bridgehead atoms. The predicted octanol–water partition coefficient (Wildman–Crippen LogP) is 0.425. The van der Waals surface area contributed by atoms with Crippen molar-refractivity contribution in [2.75, 3.05) is 6.61 Å². The van der Waals surface area contributed by atoms with Crippen LogP contribution in [0.2, 0.25) is 0 Å². The van der Waals surface area contributed by atoms with Crippen LogP contribution in [-0.4, -0.2) is 66.4 Å². The number of alkyl carbamates (subject to hydrolysis) is 1. The molecule has 1 saturated heterocycles. The van der Waals surface area contributed by atoms with Crippen molar-refractivity contribution in [2.24, 2.45) is 0 Å². The van der Waals surface area contributed by atoms with Gasteiger partial charge in [0, 0.05) is 20.8 Å². The second kappa shape index (κ2) is 11.3. The zero-order valence-corrected chi connectivity index (χ0v) is 17.3. The van der Waals surface area contributed by atoms with E-state index in [1.54, 1.807) is 24.3 Å². The van der Waals surface area contributed by atoms with E-state index in [1.807, 2.05) is 6.07 Å². The summed E-state index contributed by atoms with van der Waals surface area (Å²) in [4.78, 5) is 46.7. The van der Waals surface area contributed by atoms with Crippen molar-refractivity contribution in [2.45, 2.75) is 58.0 Å². The number of hydrogen-bond donors (Lipinski definition) is 2. The third kappa shape index (κ3) is 7.54. The molecule has 1 aromatic carbocycles. The second-order valence-corrected chi connectivity index (χ2v) is 6.75. The fourth-order valence-corrected chi connectivity index (χ4v) is 2.97. The highest BCUT2D eigenvalue weighted by atomic mass is 16.7. The van der Waals surface area contributed by atoms with E-state index in [1.165, 1.54) is 0 Å². The van der Waals surface area contributed by atoms with Gasteiger partial charge in [-0.2, -0.15) is 0 Å². The molecule has 1 aliphatic rings. The Morgan fingerprint density at radius 2 is 1.55 bits per heavy atom. The van der Waals surface area contributed by atoms with Crippen molar-refractivity contribution >= 4 is 24.0 Å². The first kappa shape index (κ1) is 24.1. The summed E-state index contributed by atoms with van der Waals surface area (Å²) >= 11 is 0.